The molecule has 0 bridgehead atoms. The molecule has 0 spiro atoms. The zero-order valence-electron chi connectivity index (χ0n) is 22.1. The van der Waals surface area contributed by atoms with Crippen LogP contribution in [0.1, 0.15) is 38.3 Å². The number of benzene rings is 3. The van der Waals surface area contributed by atoms with Crippen molar-refractivity contribution in [1.29, 1.82) is 0 Å². The van der Waals surface area contributed by atoms with Gasteiger partial charge in [0.1, 0.15) is 18.4 Å². The van der Waals surface area contributed by atoms with Crippen LogP contribution in [0.3, 0.4) is 0 Å². The zero-order valence-corrected chi connectivity index (χ0v) is 22.9. The summed E-state index contributed by atoms with van der Waals surface area (Å²) < 4.78 is 41.9. The summed E-state index contributed by atoms with van der Waals surface area (Å²) in [5.41, 5.74) is 1.93. The van der Waals surface area contributed by atoms with Crippen LogP contribution in [0.2, 0.25) is 0 Å². The molecule has 1 N–H and O–H groups in total. The summed E-state index contributed by atoms with van der Waals surface area (Å²) in [7, 11) is -4.18. The lowest BCUT2D eigenvalue weighted by atomic mass is 10.1. The number of nitrogens with one attached hydrogen (secondary N) is 1. The van der Waals surface area contributed by atoms with Gasteiger partial charge in [-0.3, -0.25) is 13.9 Å². The van der Waals surface area contributed by atoms with Crippen LogP contribution < -0.4 is 9.62 Å². The first kappa shape index (κ1) is 28.8. The number of halogens is 1. The normalized spacial score (nSPS) is 12.9. The topological polar surface area (TPSA) is 86.8 Å². The Labute approximate surface area is 224 Å². The van der Waals surface area contributed by atoms with Crippen LogP contribution in [0.25, 0.3) is 0 Å². The molecule has 0 saturated heterocycles. The molecule has 0 fully saturated rings. The highest BCUT2D eigenvalue weighted by Crippen LogP contribution is 2.25. The Morgan fingerprint density at radius 2 is 1.61 bits per heavy atom. The largest absolute Gasteiger partial charge is 0.352 e. The number of nitrogens with zero attached hydrogens (tertiary/aromatic N) is 2. The van der Waals surface area contributed by atoms with Crippen LogP contribution in [0.5, 0.6) is 0 Å². The Morgan fingerprint density at radius 3 is 2.21 bits per heavy atom. The second-order valence-corrected chi connectivity index (χ2v) is 11.2. The smallest absolute Gasteiger partial charge is 0.264 e. The molecule has 38 heavy (non-hydrogen) atoms. The SMILES string of the molecule is CC[C@H](C)NC(=O)[C@@H](C)N(Cc1cccc(C)c1)C(=O)CN(c1ccc(F)cc1)S(=O)(=O)c1ccccc1. The maximum absolute atomic E-state index is 13.8. The van der Waals surface area contributed by atoms with Crippen molar-refractivity contribution in [2.75, 3.05) is 10.8 Å². The second kappa shape index (κ2) is 12.7. The molecule has 0 unspecified atom stereocenters. The van der Waals surface area contributed by atoms with Crippen LogP contribution >= 0.6 is 0 Å². The fraction of sp³-hybridized carbons (Fsp3) is 0.310. The minimum absolute atomic E-state index is 0.00933. The van der Waals surface area contributed by atoms with E-state index in [9.17, 15) is 22.4 Å². The van der Waals surface area contributed by atoms with Crippen LogP contribution in [0.4, 0.5) is 10.1 Å². The fourth-order valence-corrected chi connectivity index (χ4v) is 5.35. The highest BCUT2D eigenvalue weighted by atomic mass is 32.2. The number of aryl methyl sites for hydroxylation is 1. The molecule has 0 aliphatic rings. The van der Waals surface area contributed by atoms with Gasteiger partial charge in [0.05, 0.1) is 10.6 Å². The maximum atomic E-state index is 13.8. The van der Waals surface area contributed by atoms with E-state index in [0.717, 1.165) is 34.0 Å². The van der Waals surface area contributed by atoms with Gasteiger partial charge in [-0.15, -0.1) is 0 Å². The summed E-state index contributed by atoms with van der Waals surface area (Å²) in [6.07, 6.45) is 0.720. The first-order valence-electron chi connectivity index (χ1n) is 12.5. The molecule has 3 rings (SSSR count). The van der Waals surface area contributed by atoms with E-state index in [1.165, 1.54) is 29.2 Å². The number of amides is 2. The third kappa shape index (κ3) is 7.19. The number of carbonyl (C=O) groups excluding carboxylic acids is 2. The van der Waals surface area contributed by atoms with Crippen LogP contribution in [-0.2, 0) is 26.2 Å². The molecule has 0 radical (unpaired) electrons. The molecule has 0 saturated carbocycles. The van der Waals surface area contributed by atoms with Gasteiger partial charge >= 0.3 is 0 Å². The van der Waals surface area contributed by atoms with Gasteiger partial charge in [-0.2, -0.15) is 0 Å². The Kier molecular flexibility index (Phi) is 9.63. The molecule has 0 aromatic heterocycles. The van der Waals surface area contributed by atoms with Gasteiger partial charge in [-0.1, -0.05) is 55.0 Å². The lowest BCUT2D eigenvalue weighted by Crippen LogP contribution is -2.52. The van der Waals surface area contributed by atoms with Crippen LogP contribution in [0, 0.1) is 12.7 Å². The van der Waals surface area contributed by atoms with Crippen molar-refractivity contribution >= 4 is 27.5 Å². The molecule has 3 aromatic carbocycles. The molecule has 0 aliphatic carbocycles. The lowest BCUT2D eigenvalue weighted by molar-refractivity contribution is -0.139. The van der Waals surface area contributed by atoms with Crippen molar-refractivity contribution in [3.63, 3.8) is 0 Å². The number of anilines is 1. The van der Waals surface area contributed by atoms with Gasteiger partial charge in [-0.25, -0.2) is 12.8 Å². The first-order valence-corrected chi connectivity index (χ1v) is 14.0. The first-order chi connectivity index (χ1) is 18.0. The van der Waals surface area contributed by atoms with Crippen molar-refractivity contribution in [2.45, 2.75) is 57.6 Å². The average Bonchev–Trinajstić information content (AvgIpc) is 2.90. The highest BCUT2D eigenvalue weighted by molar-refractivity contribution is 7.92. The standard InChI is InChI=1S/C29H34FN3O4S/c1-5-22(3)31-29(35)23(4)32(19-24-11-9-10-21(2)18-24)28(34)20-33(26-16-14-25(30)15-17-26)38(36,37)27-12-7-6-8-13-27/h6-18,22-23H,5,19-20H2,1-4H3,(H,31,35)/t22-,23+/m0/s1. The van der Waals surface area contributed by atoms with Crippen molar-refractivity contribution in [3.8, 4) is 0 Å². The maximum Gasteiger partial charge on any atom is 0.264 e. The summed E-state index contributed by atoms with van der Waals surface area (Å²) in [4.78, 5) is 28.2. The van der Waals surface area contributed by atoms with Crippen molar-refractivity contribution in [2.24, 2.45) is 0 Å². The van der Waals surface area contributed by atoms with Gasteiger partial charge in [0, 0.05) is 12.6 Å². The van der Waals surface area contributed by atoms with E-state index in [4.69, 9.17) is 0 Å². The Bertz CT molecular complexity index is 1350. The molecule has 0 aliphatic heterocycles. The molecule has 7 nitrogen and oxygen atoms in total. The minimum atomic E-state index is -4.18. The van der Waals surface area contributed by atoms with Gasteiger partial charge in [0.15, 0.2) is 0 Å². The third-order valence-electron chi connectivity index (χ3n) is 6.33. The Morgan fingerprint density at radius 1 is 0.947 bits per heavy atom. The molecule has 202 valence electrons. The molecule has 9 heteroatoms. The number of sulfonamides is 1. The summed E-state index contributed by atoms with van der Waals surface area (Å²) in [5.74, 6) is -1.43. The van der Waals surface area contributed by atoms with Crippen molar-refractivity contribution < 1.29 is 22.4 Å². The van der Waals surface area contributed by atoms with E-state index in [2.05, 4.69) is 5.32 Å². The van der Waals surface area contributed by atoms with Crippen LogP contribution in [-0.4, -0.2) is 43.8 Å². The van der Waals surface area contributed by atoms with Gasteiger partial charge in [0.2, 0.25) is 11.8 Å². The van der Waals surface area contributed by atoms with Gasteiger partial charge in [-0.05, 0) is 69.2 Å². The van der Waals surface area contributed by atoms with E-state index in [1.54, 1.807) is 25.1 Å². The van der Waals surface area contributed by atoms with E-state index in [-0.39, 0.29) is 29.1 Å². The summed E-state index contributed by atoms with van der Waals surface area (Å²) in [5, 5.41) is 2.90. The average molecular weight is 540 g/mol. The van der Waals surface area contributed by atoms with Crippen molar-refractivity contribution in [3.05, 3.63) is 95.8 Å². The third-order valence-corrected chi connectivity index (χ3v) is 8.12. The Balaban J connectivity index is 2.01. The quantitative estimate of drug-likeness (QED) is 0.384. The zero-order chi connectivity index (χ0) is 27.9. The molecular formula is C29H34FN3O4S. The fourth-order valence-electron chi connectivity index (χ4n) is 3.91. The number of rotatable bonds is 11. The van der Waals surface area contributed by atoms with E-state index in [0.29, 0.717) is 0 Å². The lowest BCUT2D eigenvalue weighted by Gasteiger charge is -2.32. The summed E-state index contributed by atoms with van der Waals surface area (Å²) in [6, 6.07) is 19.2. The monoisotopic (exact) mass is 539 g/mol. The molecular weight excluding hydrogens is 505 g/mol. The highest BCUT2D eigenvalue weighted by Gasteiger charge is 2.32. The van der Waals surface area contributed by atoms with E-state index < -0.39 is 34.3 Å². The van der Waals surface area contributed by atoms with Crippen molar-refractivity contribution in [1.82, 2.24) is 10.2 Å². The van der Waals surface area contributed by atoms with E-state index >= 15 is 0 Å². The molecule has 3 aromatic rings. The summed E-state index contributed by atoms with van der Waals surface area (Å²) >= 11 is 0. The molecule has 2 amide bonds. The summed E-state index contributed by atoms with van der Waals surface area (Å²) in [6.45, 7) is 6.91. The predicted molar refractivity (Wildman–Crippen MR) is 146 cm³/mol. The second-order valence-electron chi connectivity index (χ2n) is 9.31. The predicted octanol–water partition coefficient (Wildman–Crippen LogP) is 4.66. The number of hydrogen-bond acceptors (Lipinski definition) is 4. The van der Waals surface area contributed by atoms with Gasteiger partial charge < -0.3 is 10.2 Å². The van der Waals surface area contributed by atoms with Gasteiger partial charge in [0.25, 0.3) is 10.0 Å². The van der Waals surface area contributed by atoms with Crippen LogP contribution in [0.15, 0.2) is 83.8 Å². The number of carbonyl (C=O) groups is 2. The van der Waals surface area contributed by atoms with E-state index in [1.807, 2.05) is 45.0 Å². The minimum Gasteiger partial charge on any atom is -0.352 e. The molecule has 2 atom stereocenters. The Hall–Kier alpha value is -3.72. The number of hydrogen-bond donors (Lipinski definition) is 1. The molecule has 0 heterocycles.